The van der Waals surface area contributed by atoms with Gasteiger partial charge in [-0.3, -0.25) is 4.79 Å². The predicted molar refractivity (Wildman–Crippen MR) is 60.3 cm³/mol. The van der Waals surface area contributed by atoms with Crippen molar-refractivity contribution in [3.8, 4) is 0 Å². The molecule has 0 aliphatic rings. The lowest BCUT2D eigenvalue weighted by Gasteiger charge is -2.05. The van der Waals surface area contributed by atoms with E-state index < -0.39 is 0 Å². The number of hydrogen-bond donors (Lipinski definition) is 2. The highest BCUT2D eigenvalue weighted by molar-refractivity contribution is 5.75. The second-order valence-electron chi connectivity index (χ2n) is 3.56. The molecule has 0 aromatic heterocycles. The molecule has 0 heterocycles. The maximum absolute atomic E-state index is 11.2. The Hall–Kier alpha value is -0.570. The highest BCUT2D eigenvalue weighted by Gasteiger charge is 1.98. The fourth-order valence-electron chi connectivity index (χ4n) is 1.19. The van der Waals surface area contributed by atoms with Gasteiger partial charge < -0.3 is 10.6 Å². The molecule has 0 radical (unpaired) electrons. The summed E-state index contributed by atoms with van der Waals surface area (Å²) in [4.78, 5) is 11.2. The molecule has 3 heteroatoms. The van der Waals surface area contributed by atoms with Crippen LogP contribution in [-0.4, -0.2) is 25.5 Å². The van der Waals surface area contributed by atoms with Crippen LogP contribution in [0.25, 0.3) is 0 Å². The third kappa shape index (κ3) is 9.52. The summed E-state index contributed by atoms with van der Waals surface area (Å²) in [5, 5.41) is 6.12. The Labute approximate surface area is 87.6 Å². The Bertz CT molecular complexity index is 123. The van der Waals surface area contributed by atoms with Crippen LogP contribution in [0.5, 0.6) is 0 Å². The molecule has 3 nitrogen and oxygen atoms in total. The summed E-state index contributed by atoms with van der Waals surface area (Å²) >= 11 is 0. The van der Waals surface area contributed by atoms with Crippen molar-refractivity contribution < 1.29 is 4.79 Å². The molecular weight excluding hydrogens is 176 g/mol. The largest absolute Gasteiger partial charge is 0.356 e. The molecule has 14 heavy (non-hydrogen) atoms. The zero-order chi connectivity index (χ0) is 10.6. The van der Waals surface area contributed by atoms with Crippen molar-refractivity contribution >= 4 is 5.91 Å². The topological polar surface area (TPSA) is 41.1 Å². The maximum Gasteiger partial charge on any atom is 0.221 e. The monoisotopic (exact) mass is 200 g/mol. The molecule has 0 rings (SSSR count). The van der Waals surface area contributed by atoms with Gasteiger partial charge in [0.25, 0.3) is 0 Å². The minimum Gasteiger partial charge on any atom is -0.356 e. The summed E-state index contributed by atoms with van der Waals surface area (Å²) in [7, 11) is 0. The molecule has 0 unspecified atom stereocenters. The van der Waals surface area contributed by atoms with E-state index in [1.807, 2.05) is 0 Å². The molecule has 0 aromatic carbocycles. The molecule has 0 aliphatic heterocycles. The first-order valence-electron chi connectivity index (χ1n) is 5.78. The van der Waals surface area contributed by atoms with Crippen molar-refractivity contribution in [3.63, 3.8) is 0 Å². The molecule has 0 aliphatic carbocycles. The van der Waals surface area contributed by atoms with Crippen LogP contribution in [-0.2, 0) is 4.79 Å². The van der Waals surface area contributed by atoms with Crippen LogP contribution in [0.3, 0.4) is 0 Å². The van der Waals surface area contributed by atoms with E-state index in [0.717, 1.165) is 32.5 Å². The maximum atomic E-state index is 11.2. The van der Waals surface area contributed by atoms with Gasteiger partial charge in [-0.25, -0.2) is 0 Å². The summed E-state index contributed by atoms with van der Waals surface area (Å²) in [6, 6.07) is 0. The van der Waals surface area contributed by atoms with Crippen LogP contribution < -0.4 is 10.6 Å². The van der Waals surface area contributed by atoms with E-state index in [1.54, 1.807) is 0 Å². The number of hydrogen-bond acceptors (Lipinski definition) is 2. The lowest BCUT2D eigenvalue weighted by atomic mass is 10.2. The molecule has 0 atom stereocenters. The predicted octanol–water partition coefficient (Wildman–Crippen LogP) is 1.68. The number of nitrogens with one attached hydrogen (secondary N) is 2. The third-order valence-corrected chi connectivity index (χ3v) is 2.06. The molecule has 2 N–H and O–H groups in total. The second kappa shape index (κ2) is 10.5. The zero-order valence-corrected chi connectivity index (χ0v) is 9.57. The Balaban J connectivity index is 3.11. The van der Waals surface area contributed by atoms with Crippen LogP contribution in [0.4, 0.5) is 0 Å². The van der Waals surface area contributed by atoms with E-state index in [2.05, 4.69) is 24.5 Å². The van der Waals surface area contributed by atoms with E-state index in [-0.39, 0.29) is 5.91 Å². The van der Waals surface area contributed by atoms with Crippen LogP contribution in [0, 0.1) is 0 Å². The Morgan fingerprint density at radius 3 is 2.43 bits per heavy atom. The molecule has 0 aromatic rings. The third-order valence-electron chi connectivity index (χ3n) is 2.06. The van der Waals surface area contributed by atoms with Crippen molar-refractivity contribution in [2.75, 3.05) is 19.6 Å². The number of unbranched alkanes of at least 4 members (excludes halogenated alkanes) is 2. The van der Waals surface area contributed by atoms with Crippen molar-refractivity contribution in [1.29, 1.82) is 0 Å². The lowest BCUT2D eigenvalue weighted by molar-refractivity contribution is -0.121. The number of rotatable bonds is 9. The van der Waals surface area contributed by atoms with E-state index in [0.29, 0.717) is 6.42 Å². The molecule has 84 valence electrons. The molecule has 1 amide bonds. The fraction of sp³-hybridized carbons (Fsp3) is 0.909. The fourth-order valence-corrected chi connectivity index (χ4v) is 1.19. The van der Waals surface area contributed by atoms with Crippen molar-refractivity contribution in [3.05, 3.63) is 0 Å². The van der Waals surface area contributed by atoms with Gasteiger partial charge >= 0.3 is 0 Å². The molecular formula is C11H24N2O. The molecule has 0 saturated carbocycles. The molecule has 0 fully saturated rings. The van der Waals surface area contributed by atoms with Gasteiger partial charge in [0.15, 0.2) is 0 Å². The van der Waals surface area contributed by atoms with Gasteiger partial charge in [0.05, 0.1) is 0 Å². The van der Waals surface area contributed by atoms with Crippen molar-refractivity contribution in [1.82, 2.24) is 10.6 Å². The quantitative estimate of drug-likeness (QED) is 0.556. The molecule has 0 spiro atoms. The zero-order valence-electron chi connectivity index (χ0n) is 9.57. The van der Waals surface area contributed by atoms with Gasteiger partial charge in [-0.2, -0.15) is 0 Å². The van der Waals surface area contributed by atoms with Gasteiger partial charge in [0.1, 0.15) is 0 Å². The number of carbonyl (C=O) groups excluding carboxylic acids is 1. The van der Waals surface area contributed by atoms with Crippen LogP contribution in [0.2, 0.25) is 0 Å². The number of amides is 1. The average molecular weight is 200 g/mol. The van der Waals surface area contributed by atoms with E-state index in [4.69, 9.17) is 0 Å². The highest BCUT2D eigenvalue weighted by atomic mass is 16.1. The molecule has 0 saturated heterocycles. The smallest absolute Gasteiger partial charge is 0.221 e. The second-order valence-corrected chi connectivity index (χ2v) is 3.56. The normalized spacial score (nSPS) is 10.1. The molecule has 0 bridgehead atoms. The summed E-state index contributed by atoms with van der Waals surface area (Å²) in [5.41, 5.74) is 0. The minimum absolute atomic E-state index is 0.171. The lowest BCUT2D eigenvalue weighted by Crippen LogP contribution is -2.28. The van der Waals surface area contributed by atoms with Gasteiger partial charge in [-0.05, 0) is 19.4 Å². The highest BCUT2D eigenvalue weighted by Crippen LogP contribution is 1.91. The summed E-state index contributed by atoms with van der Waals surface area (Å²) in [6.07, 6.45) is 5.23. The van der Waals surface area contributed by atoms with Crippen LogP contribution in [0.1, 0.15) is 46.0 Å². The minimum atomic E-state index is 0.171. The van der Waals surface area contributed by atoms with E-state index >= 15 is 0 Å². The van der Waals surface area contributed by atoms with E-state index in [9.17, 15) is 4.79 Å². The van der Waals surface area contributed by atoms with Crippen LogP contribution >= 0.6 is 0 Å². The van der Waals surface area contributed by atoms with E-state index in [1.165, 1.54) is 12.8 Å². The summed E-state index contributed by atoms with van der Waals surface area (Å²) < 4.78 is 0. The summed E-state index contributed by atoms with van der Waals surface area (Å²) in [5.74, 6) is 0.171. The Kier molecular flexibility index (Phi) is 10.1. The van der Waals surface area contributed by atoms with Crippen molar-refractivity contribution in [2.24, 2.45) is 0 Å². The van der Waals surface area contributed by atoms with Gasteiger partial charge in [-0.1, -0.05) is 26.7 Å². The first-order valence-corrected chi connectivity index (χ1v) is 5.78. The van der Waals surface area contributed by atoms with Gasteiger partial charge in [0.2, 0.25) is 5.91 Å². The Morgan fingerprint density at radius 2 is 1.79 bits per heavy atom. The van der Waals surface area contributed by atoms with Gasteiger partial charge in [0, 0.05) is 19.5 Å². The van der Waals surface area contributed by atoms with Crippen molar-refractivity contribution in [2.45, 2.75) is 46.0 Å². The summed E-state index contributed by atoms with van der Waals surface area (Å²) in [6.45, 7) is 6.92. The average Bonchev–Trinajstić information content (AvgIpc) is 2.19. The standard InChI is InChI=1S/C11H24N2O/c1-3-5-6-9-13-11(14)7-10-12-8-4-2/h12H,3-10H2,1-2H3,(H,13,14). The van der Waals surface area contributed by atoms with Crippen LogP contribution in [0.15, 0.2) is 0 Å². The Morgan fingerprint density at radius 1 is 1.00 bits per heavy atom. The number of carbonyl (C=O) groups is 1. The van der Waals surface area contributed by atoms with Gasteiger partial charge in [-0.15, -0.1) is 0 Å². The SMILES string of the molecule is CCCCCNC(=O)CCNCCC. The first kappa shape index (κ1) is 13.4. The first-order chi connectivity index (χ1) is 6.81.